The van der Waals surface area contributed by atoms with Gasteiger partial charge in [-0.1, -0.05) is 12.1 Å². The Labute approximate surface area is 128 Å². The fourth-order valence-corrected chi connectivity index (χ4v) is 2.48. The van der Waals surface area contributed by atoms with Crippen LogP contribution in [0.25, 0.3) is 0 Å². The van der Waals surface area contributed by atoms with Crippen molar-refractivity contribution in [2.45, 2.75) is 24.3 Å². The van der Waals surface area contributed by atoms with E-state index in [2.05, 4.69) is 15.3 Å². The number of amides is 1. The first kappa shape index (κ1) is 16.1. The van der Waals surface area contributed by atoms with Crippen LogP contribution in [0.4, 0.5) is 0 Å². The highest BCUT2D eigenvalue weighted by Gasteiger charge is 2.14. The highest BCUT2D eigenvalue weighted by Crippen LogP contribution is 2.17. The molecule has 1 unspecified atom stereocenters. The van der Waals surface area contributed by atoms with Crippen LogP contribution in [-0.2, 0) is 21.2 Å². The maximum absolute atomic E-state index is 11.2. The lowest BCUT2D eigenvalue weighted by Crippen LogP contribution is -2.23. The number of nitrogens with two attached hydrogens (primary N) is 1. The van der Waals surface area contributed by atoms with Crippen molar-refractivity contribution in [3.05, 3.63) is 53.6 Å². The van der Waals surface area contributed by atoms with E-state index in [4.69, 9.17) is 5.14 Å². The lowest BCUT2D eigenvalue weighted by atomic mass is 10.0. The maximum atomic E-state index is 11.2. The molecule has 0 saturated heterocycles. The topological polar surface area (TPSA) is 115 Å². The minimum absolute atomic E-state index is 0.0475. The van der Waals surface area contributed by atoms with E-state index in [1.54, 1.807) is 24.5 Å². The van der Waals surface area contributed by atoms with Crippen molar-refractivity contribution >= 4 is 16.4 Å². The minimum Gasteiger partial charge on any atom is -0.350 e. The molecule has 116 valence electrons. The van der Waals surface area contributed by atoms with Gasteiger partial charge in [0, 0.05) is 6.20 Å². The number of carbonyl (C=O) groups is 1. The molecule has 0 spiro atoms. The molecule has 8 heteroatoms. The SMILES string of the molecule is Cc1cnc(C(Cc2ccc(S(N)(=O)=O)cc2)NC=O)cn1. The number of nitrogens with zero attached hydrogens (tertiary/aromatic N) is 2. The zero-order valence-corrected chi connectivity index (χ0v) is 12.7. The number of nitrogens with one attached hydrogen (secondary N) is 1. The molecular formula is C14H16N4O3S. The van der Waals surface area contributed by atoms with Crippen LogP contribution in [0, 0.1) is 6.92 Å². The van der Waals surface area contributed by atoms with Crippen LogP contribution in [0.5, 0.6) is 0 Å². The molecular weight excluding hydrogens is 304 g/mol. The molecule has 7 nitrogen and oxygen atoms in total. The number of rotatable bonds is 6. The van der Waals surface area contributed by atoms with Crippen molar-refractivity contribution in [1.82, 2.24) is 15.3 Å². The monoisotopic (exact) mass is 320 g/mol. The zero-order valence-electron chi connectivity index (χ0n) is 11.9. The molecule has 22 heavy (non-hydrogen) atoms. The van der Waals surface area contributed by atoms with Crippen molar-refractivity contribution < 1.29 is 13.2 Å². The summed E-state index contributed by atoms with van der Waals surface area (Å²) < 4.78 is 22.4. The number of sulfonamides is 1. The number of benzene rings is 1. The first-order valence-corrected chi connectivity index (χ1v) is 8.05. The number of aryl methyl sites for hydroxylation is 1. The number of primary sulfonamides is 1. The van der Waals surface area contributed by atoms with Gasteiger partial charge in [0.15, 0.2) is 0 Å². The van der Waals surface area contributed by atoms with Gasteiger partial charge in [-0.15, -0.1) is 0 Å². The van der Waals surface area contributed by atoms with Crippen molar-refractivity contribution in [2.75, 3.05) is 0 Å². The largest absolute Gasteiger partial charge is 0.350 e. The van der Waals surface area contributed by atoms with Crippen molar-refractivity contribution in [2.24, 2.45) is 5.14 Å². The van der Waals surface area contributed by atoms with Crippen LogP contribution < -0.4 is 10.5 Å². The molecule has 0 bridgehead atoms. The van der Waals surface area contributed by atoms with Crippen LogP contribution >= 0.6 is 0 Å². The van der Waals surface area contributed by atoms with Crippen molar-refractivity contribution in [1.29, 1.82) is 0 Å². The molecule has 1 atom stereocenters. The molecule has 0 aliphatic heterocycles. The number of aromatic nitrogens is 2. The lowest BCUT2D eigenvalue weighted by molar-refractivity contribution is -0.110. The second kappa shape index (κ2) is 6.63. The summed E-state index contributed by atoms with van der Waals surface area (Å²) in [4.78, 5) is 19.2. The summed E-state index contributed by atoms with van der Waals surface area (Å²) >= 11 is 0. The smallest absolute Gasteiger partial charge is 0.238 e. The first-order valence-electron chi connectivity index (χ1n) is 6.50. The van der Waals surface area contributed by atoms with Gasteiger partial charge in [0.05, 0.1) is 28.5 Å². The second-order valence-electron chi connectivity index (χ2n) is 4.81. The average Bonchev–Trinajstić information content (AvgIpc) is 2.47. The Bertz CT molecular complexity index is 743. The summed E-state index contributed by atoms with van der Waals surface area (Å²) in [5, 5.41) is 7.74. The average molecular weight is 320 g/mol. The van der Waals surface area contributed by atoms with Crippen LogP contribution in [0.1, 0.15) is 23.0 Å². The molecule has 0 saturated carbocycles. The summed E-state index contributed by atoms with van der Waals surface area (Å²) in [6, 6.07) is 5.83. The fraction of sp³-hybridized carbons (Fsp3) is 0.214. The Morgan fingerprint density at radius 1 is 1.23 bits per heavy atom. The quantitative estimate of drug-likeness (QED) is 0.750. The van der Waals surface area contributed by atoms with E-state index < -0.39 is 10.0 Å². The van der Waals surface area contributed by atoms with Gasteiger partial charge in [-0.3, -0.25) is 14.8 Å². The summed E-state index contributed by atoms with van der Waals surface area (Å²) in [7, 11) is -3.71. The van der Waals surface area contributed by atoms with Crippen LogP contribution in [0.2, 0.25) is 0 Å². The third kappa shape index (κ3) is 4.09. The Hall–Kier alpha value is -2.32. The molecule has 1 heterocycles. The van der Waals surface area contributed by atoms with E-state index in [0.29, 0.717) is 18.5 Å². The van der Waals surface area contributed by atoms with Crippen molar-refractivity contribution in [3.8, 4) is 0 Å². The molecule has 0 radical (unpaired) electrons. The van der Waals surface area contributed by atoms with E-state index >= 15 is 0 Å². The van der Waals surface area contributed by atoms with Crippen LogP contribution in [-0.4, -0.2) is 24.8 Å². The summed E-state index contributed by atoms with van der Waals surface area (Å²) in [5.41, 5.74) is 2.26. The molecule has 0 fully saturated rings. The predicted octanol–water partition coefficient (Wildman–Crippen LogP) is 0.462. The van der Waals surface area contributed by atoms with E-state index in [0.717, 1.165) is 11.3 Å². The van der Waals surface area contributed by atoms with E-state index in [-0.39, 0.29) is 10.9 Å². The Morgan fingerprint density at radius 2 is 1.91 bits per heavy atom. The maximum Gasteiger partial charge on any atom is 0.238 e. The summed E-state index contributed by atoms with van der Waals surface area (Å²) in [6.07, 6.45) is 4.29. The molecule has 2 rings (SSSR count). The van der Waals surface area contributed by atoms with Crippen LogP contribution in [0.15, 0.2) is 41.6 Å². The van der Waals surface area contributed by atoms with Crippen molar-refractivity contribution in [3.63, 3.8) is 0 Å². The van der Waals surface area contributed by atoms with Gasteiger partial charge >= 0.3 is 0 Å². The first-order chi connectivity index (χ1) is 10.4. The lowest BCUT2D eigenvalue weighted by Gasteiger charge is -2.15. The summed E-state index contributed by atoms with van der Waals surface area (Å²) in [6.45, 7) is 1.82. The molecule has 3 N–H and O–H groups in total. The number of hydrogen-bond acceptors (Lipinski definition) is 5. The number of carbonyl (C=O) groups excluding carboxylic acids is 1. The van der Waals surface area contributed by atoms with Gasteiger partial charge in [0.25, 0.3) is 0 Å². The predicted molar refractivity (Wildman–Crippen MR) is 80.2 cm³/mol. The van der Waals surface area contributed by atoms with Gasteiger partial charge in [0.1, 0.15) is 0 Å². The Morgan fingerprint density at radius 3 is 2.41 bits per heavy atom. The van der Waals surface area contributed by atoms with E-state index in [9.17, 15) is 13.2 Å². The molecule has 2 aromatic rings. The van der Waals surface area contributed by atoms with Gasteiger partial charge in [-0.25, -0.2) is 13.6 Å². The molecule has 1 aromatic carbocycles. The van der Waals surface area contributed by atoms with Gasteiger partial charge in [-0.2, -0.15) is 0 Å². The third-order valence-electron chi connectivity index (χ3n) is 3.12. The van der Waals surface area contributed by atoms with Gasteiger partial charge in [0.2, 0.25) is 16.4 Å². The van der Waals surface area contributed by atoms with E-state index in [1.165, 1.54) is 12.1 Å². The highest BCUT2D eigenvalue weighted by molar-refractivity contribution is 7.89. The standard InChI is InChI=1S/C14H16N4O3S/c1-10-7-17-14(8-16-10)13(18-9-19)6-11-2-4-12(5-3-11)22(15,20)21/h2-5,7-9,13H,6H2,1H3,(H,18,19)(H2,15,20,21). The minimum atomic E-state index is -3.71. The fourth-order valence-electron chi connectivity index (χ4n) is 1.96. The molecule has 0 aliphatic carbocycles. The normalized spacial score (nSPS) is 12.6. The number of hydrogen-bond donors (Lipinski definition) is 2. The molecule has 1 aromatic heterocycles. The third-order valence-corrected chi connectivity index (χ3v) is 4.05. The van der Waals surface area contributed by atoms with Gasteiger partial charge in [-0.05, 0) is 31.0 Å². The molecule has 1 amide bonds. The zero-order chi connectivity index (χ0) is 16.2. The Kier molecular flexibility index (Phi) is 4.84. The second-order valence-corrected chi connectivity index (χ2v) is 6.37. The van der Waals surface area contributed by atoms with E-state index in [1.807, 2.05) is 6.92 Å². The molecule has 0 aliphatic rings. The van der Waals surface area contributed by atoms with Gasteiger partial charge < -0.3 is 5.32 Å². The van der Waals surface area contributed by atoms with Crippen LogP contribution in [0.3, 0.4) is 0 Å². The Balaban J connectivity index is 2.21. The highest BCUT2D eigenvalue weighted by atomic mass is 32.2. The summed E-state index contributed by atoms with van der Waals surface area (Å²) in [5.74, 6) is 0.